The molecule has 1 fully saturated rings. The molecule has 1 aliphatic carbocycles. The molecule has 15 heteroatoms. The summed E-state index contributed by atoms with van der Waals surface area (Å²) in [5.41, 5.74) is 4.16. The number of carbonyl (C=O) groups is 2. The minimum atomic E-state index is -4.74. The fraction of sp³-hybridized carbons (Fsp3) is 0.304. The van der Waals surface area contributed by atoms with Gasteiger partial charge in [-0.1, -0.05) is 12.8 Å². The number of amides is 2. The molecule has 5 rings (SSSR count). The summed E-state index contributed by atoms with van der Waals surface area (Å²) in [6.45, 7) is 0. The van der Waals surface area contributed by atoms with Crippen LogP contribution in [0.5, 0.6) is 5.88 Å². The lowest BCUT2D eigenvalue weighted by molar-refractivity contribution is -0.136. The zero-order valence-corrected chi connectivity index (χ0v) is 19.9. The van der Waals surface area contributed by atoms with Crippen molar-refractivity contribution in [1.82, 2.24) is 29.9 Å². The van der Waals surface area contributed by atoms with Crippen molar-refractivity contribution in [2.45, 2.75) is 37.9 Å². The summed E-state index contributed by atoms with van der Waals surface area (Å²) in [6.07, 6.45) is 2.46. The quantitative estimate of drug-likeness (QED) is 0.339. The van der Waals surface area contributed by atoms with E-state index in [1.54, 1.807) is 0 Å². The van der Waals surface area contributed by atoms with Crippen molar-refractivity contribution in [3.63, 3.8) is 0 Å². The Morgan fingerprint density at radius 3 is 2.66 bits per heavy atom. The zero-order chi connectivity index (χ0) is 27.0. The first-order chi connectivity index (χ1) is 18.2. The topological polar surface area (TPSA) is 163 Å². The molecule has 4 heterocycles. The average Bonchev–Trinajstić information content (AvgIpc) is 3.64. The molecule has 2 amide bonds. The first kappa shape index (κ1) is 25.0. The third-order valence-corrected chi connectivity index (χ3v) is 6.12. The predicted molar refractivity (Wildman–Crippen MR) is 126 cm³/mol. The second kappa shape index (κ2) is 9.64. The van der Waals surface area contributed by atoms with Crippen LogP contribution in [0.3, 0.4) is 0 Å². The lowest BCUT2D eigenvalue weighted by Crippen LogP contribution is -2.32. The number of anilines is 2. The highest BCUT2D eigenvalue weighted by Crippen LogP contribution is 2.39. The highest BCUT2D eigenvalue weighted by Gasteiger charge is 2.36. The molecule has 0 spiro atoms. The van der Waals surface area contributed by atoms with E-state index in [4.69, 9.17) is 14.9 Å². The molecule has 1 saturated carbocycles. The summed E-state index contributed by atoms with van der Waals surface area (Å²) in [5, 5.41) is 9.17. The molecule has 38 heavy (non-hydrogen) atoms. The van der Waals surface area contributed by atoms with Crippen LogP contribution in [0.25, 0.3) is 16.8 Å². The van der Waals surface area contributed by atoms with Gasteiger partial charge in [0.15, 0.2) is 11.5 Å². The number of alkyl halides is 3. The number of nitrogens with two attached hydrogens (primary N) is 1. The smallest absolute Gasteiger partial charge is 0.418 e. The number of methoxy groups -OCH3 is 1. The van der Waals surface area contributed by atoms with Gasteiger partial charge in [0.25, 0.3) is 11.8 Å². The normalized spacial score (nSPS) is 14.1. The molecule has 1 aliphatic rings. The number of hydrogen-bond donors (Lipinski definition) is 3. The molecule has 12 nitrogen and oxygen atoms in total. The lowest BCUT2D eigenvalue weighted by atomic mass is 10.1. The monoisotopic (exact) mass is 530 g/mol. The fourth-order valence-corrected chi connectivity index (χ4v) is 4.34. The highest BCUT2D eigenvalue weighted by atomic mass is 19.4. The van der Waals surface area contributed by atoms with Crippen LogP contribution in [0.15, 0.2) is 35.3 Å². The van der Waals surface area contributed by atoms with Crippen LogP contribution in [0.4, 0.5) is 25.0 Å². The van der Waals surface area contributed by atoms with Crippen molar-refractivity contribution < 1.29 is 31.9 Å². The van der Waals surface area contributed by atoms with Gasteiger partial charge >= 0.3 is 12.2 Å². The summed E-state index contributed by atoms with van der Waals surface area (Å²) < 4.78 is 52.4. The Morgan fingerprint density at radius 2 is 1.95 bits per heavy atom. The molecular formula is C23H21F3N8O4. The van der Waals surface area contributed by atoms with Crippen molar-refractivity contribution >= 4 is 29.2 Å². The standard InChI is InChI=1S/C23H21F3N8O4/c1-37-21-13(19(35)33-22-32-15(9-38-22)20(36)31-12-4-2-3-5-12)6-11(8-28-21)16-7-14(23(24,25)26)17-18(27)29-10-30-34(16)17/h6-10,12H,2-5H2,1H3,(H,31,36)(H2,27,29,30)(H,32,33,35). The molecule has 0 radical (unpaired) electrons. The molecule has 0 saturated heterocycles. The van der Waals surface area contributed by atoms with Gasteiger partial charge in [-0.25, -0.2) is 14.5 Å². The second-order valence-corrected chi connectivity index (χ2v) is 8.57. The zero-order valence-electron chi connectivity index (χ0n) is 19.9. The van der Waals surface area contributed by atoms with Crippen LogP contribution in [-0.4, -0.2) is 49.5 Å². The van der Waals surface area contributed by atoms with Crippen molar-refractivity contribution in [1.29, 1.82) is 0 Å². The number of ether oxygens (including phenoxy) is 1. The number of nitrogens with one attached hydrogen (secondary N) is 2. The van der Waals surface area contributed by atoms with Gasteiger partial charge in [-0.15, -0.1) is 0 Å². The van der Waals surface area contributed by atoms with Crippen LogP contribution in [0.2, 0.25) is 0 Å². The number of nitrogen functional groups attached to an aromatic ring is 1. The molecule has 4 aromatic rings. The van der Waals surface area contributed by atoms with E-state index in [1.807, 2.05) is 0 Å². The summed E-state index contributed by atoms with van der Waals surface area (Å²) >= 11 is 0. The SMILES string of the molecule is COc1ncc(-c2cc(C(F)(F)F)c3c(N)ncnn23)cc1C(=O)Nc1nc(C(=O)NC2CCCC2)co1. The van der Waals surface area contributed by atoms with Gasteiger partial charge in [0.2, 0.25) is 5.88 Å². The highest BCUT2D eigenvalue weighted by molar-refractivity contribution is 6.05. The maximum atomic E-state index is 13.7. The molecule has 0 unspecified atom stereocenters. The van der Waals surface area contributed by atoms with Gasteiger partial charge in [0.1, 0.15) is 23.7 Å². The Balaban J connectivity index is 1.44. The Hall–Kier alpha value is -4.69. The molecule has 4 aromatic heterocycles. The number of oxazole rings is 1. The number of pyridine rings is 1. The molecule has 0 aliphatic heterocycles. The number of rotatable bonds is 6. The third kappa shape index (κ3) is 4.69. The van der Waals surface area contributed by atoms with Gasteiger partial charge in [-0.05, 0) is 25.0 Å². The largest absolute Gasteiger partial charge is 0.480 e. The van der Waals surface area contributed by atoms with Crippen molar-refractivity contribution in [3.8, 4) is 17.1 Å². The van der Waals surface area contributed by atoms with E-state index in [2.05, 4.69) is 30.7 Å². The number of nitrogens with zero attached hydrogens (tertiary/aromatic N) is 5. The van der Waals surface area contributed by atoms with Crippen LogP contribution in [0, 0.1) is 0 Å². The first-order valence-corrected chi connectivity index (χ1v) is 11.5. The molecule has 4 N–H and O–H groups in total. The lowest BCUT2D eigenvalue weighted by Gasteiger charge is -2.10. The predicted octanol–water partition coefficient (Wildman–Crippen LogP) is 3.31. The van der Waals surface area contributed by atoms with Gasteiger partial charge in [-0.2, -0.15) is 23.3 Å². The molecule has 0 aromatic carbocycles. The number of carbonyl (C=O) groups excluding carboxylic acids is 2. The molecule has 0 bridgehead atoms. The van der Waals surface area contributed by atoms with E-state index in [1.165, 1.54) is 19.4 Å². The first-order valence-electron chi connectivity index (χ1n) is 11.5. The molecular weight excluding hydrogens is 509 g/mol. The second-order valence-electron chi connectivity index (χ2n) is 8.57. The van der Waals surface area contributed by atoms with Gasteiger partial charge < -0.3 is 20.2 Å². The summed E-state index contributed by atoms with van der Waals surface area (Å²) in [7, 11) is 1.28. The maximum Gasteiger partial charge on any atom is 0.418 e. The van der Waals surface area contributed by atoms with E-state index < -0.39 is 29.1 Å². The molecule has 0 atom stereocenters. The Kier molecular flexibility index (Phi) is 6.34. The Labute approximate surface area is 212 Å². The van der Waals surface area contributed by atoms with Gasteiger partial charge in [0.05, 0.1) is 18.4 Å². The fourth-order valence-electron chi connectivity index (χ4n) is 4.34. The summed E-state index contributed by atoms with van der Waals surface area (Å²) in [6, 6.07) is 1.93. The van der Waals surface area contributed by atoms with Crippen LogP contribution >= 0.6 is 0 Å². The van der Waals surface area contributed by atoms with Gasteiger partial charge in [0, 0.05) is 17.8 Å². The van der Waals surface area contributed by atoms with Crippen molar-refractivity contribution in [2.75, 3.05) is 18.2 Å². The van der Waals surface area contributed by atoms with Crippen LogP contribution < -0.4 is 21.1 Å². The van der Waals surface area contributed by atoms with Crippen LogP contribution in [-0.2, 0) is 6.18 Å². The van der Waals surface area contributed by atoms with Crippen molar-refractivity contribution in [2.24, 2.45) is 0 Å². The summed E-state index contributed by atoms with van der Waals surface area (Å²) in [5.74, 6) is -1.69. The average molecular weight is 530 g/mol. The van der Waals surface area contributed by atoms with E-state index in [-0.39, 0.29) is 46.3 Å². The number of halogens is 3. The van der Waals surface area contributed by atoms with E-state index in [9.17, 15) is 22.8 Å². The Morgan fingerprint density at radius 1 is 1.18 bits per heavy atom. The van der Waals surface area contributed by atoms with Crippen molar-refractivity contribution in [3.05, 3.63) is 47.7 Å². The van der Waals surface area contributed by atoms with E-state index in [0.29, 0.717) is 0 Å². The maximum absolute atomic E-state index is 13.7. The van der Waals surface area contributed by atoms with E-state index >= 15 is 0 Å². The Bertz CT molecular complexity index is 1520. The number of aromatic nitrogens is 5. The van der Waals surface area contributed by atoms with Crippen LogP contribution in [0.1, 0.15) is 52.1 Å². The van der Waals surface area contributed by atoms with Gasteiger partial charge in [-0.3, -0.25) is 14.9 Å². The number of hydrogen-bond acceptors (Lipinski definition) is 9. The molecule has 198 valence electrons. The van der Waals surface area contributed by atoms with E-state index in [0.717, 1.165) is 48.9 Å². The number of fused-ring (bicyclic) bond motifs is 1. The minimum Gasteiger partial charge on any atom is -0.480 e. The minimum absolute atomic E-state index is 0.0114. The summed E-state index contributed by atoms with van der Waals surface area (Å²) in [4.78, 5) is 37.2. The third-order valence-electron chi connectivity index (χ3n) is 6.12.